The molecule has 0 saturated carbocycles. The zero-order valence-electron chi connectivity index (χ0n) is 13.9. The molecule has 0 aliphatic carbocycles. The second-order valence-electron chi connectivity index (χ2n) is 5.26. The van der Waals surface area contributed by atoms with Crippen LogP contribution in [0.25, 0.3) is 0 Å². The van der Waals surface area contributed by atoms with Crippen LogP contribution in [0.4, 0.5) is 11.4 Å². The van der Waals surface area contributed by atoms with Crippen LogP contribution in [0, 0.1) is 0 Å². The van der Waals surface area contributed by atoms with Crippen molar-refractivity contribution in [1.82, 2.24) is 0 Å². The lowest BCUT2D eigenvalue weighted by Gasteiger charge is -2.23. The standard InChI is InChI=1S/C18H18Cl2N2O3/c1-12(23)22(16-11-13(19)7-8-17(16)25-2)10-9-18(24)21-15-6-4-3-5-14(15)20/h3-8,11H,9-10H2,1-2H3,(H,21,24). The van der Waals surface area contributed by atoms with Crippen LogP contribution in [0.1, 0.15) is 13.3 Å². The number of amides is 2. The summed E-state index contributed by atoms with van der Waals surface area (Å²) in [7, 11) is 1.51. The molecule has 25 heavy (non-hydrogen) atoms. The summed E-state index contributed by atoms with van der Waals surface area (Å²) in [6.07, 6.45) is 0.0977. The Morgan fingerprint density at radius 3 is 2.52 bits per heavy atom. The van der Waals surface area contributed by atoms with Crippen molar-refractivity contribution in [3.63, 3.8) is 0 Å². The van der Waals surface area contributed by atoms with Gasteiger partial charge in [0, 0.05) is 24.9 Å². The summed E-state index contributed by atoms with van der Waals surface area (Å²) >= 11 is 12.0. The van der Waals surface area contributed by atoms with E-state index in [4.69, 9.17) is 27.9 Å². The fraction of sp³-hybridized carbons (Fsp3) is 0.222. The summed E-state index contributed by atoms with van der Waals surface area (Å²) < 4.78 is 5.28. The maximum absolute atomic E-state index is 12.2. The third-order valence-electron chi connectivity index (χ3n) is 3.52. The number of methoxy groups -OCH3 is 1. The Morgan fingerprint density at radius 2 is 1.88 bits per heavy atom. The number of hydrogen-bond donors (Lipinski definition) is 1. The van der Waals surface area contributed by atoms with Gasteiger partial charge in [0.25, 0.3) is 0 Å². The lowest BCUT2D eigenvalue weighted by atomic mass is 10.2. The molecule has 0 bridgehead atoms. The summed E-state index contributed by atoms with van der Waals surface area (Å²) in [6, 6.07) is 11.9. The third-order valence-corrected chi connectivity index (χ3v) is 4.09. The highest BCUT2D eigenvalue weighted by Gasteiger charge is 2.18. The van der Waals surface area contributed by atoms with Crippen molar-refractivity contribution in [3.8, 4) is 5.75 Å². The molecular weight excluding hydrogens is 363 g/mol. The van der Waals surface area contributed by atoms with Gasteiger partial charge in [-0.05, 0) is 30.3 Å². The fourth-order valence-electron chi connectivity index (χ4n) is 2.31. The van der Waals surface area contributed by atoms with E-state index in [1.807, 2.05) is 0 Å². The highest BCUT2D eigenvalue weighted by atomic mass is 35.5. The quantitative estimate of drug-likeness (QED) is 0.808. The van der Waals surface area contributed by atoms with E-state index in [2.05, 4.69) is 5.32 Å². The molecule has 0 aliphatic heterocycles. The van der Waals surface area contributed by atoms with Crippen molar-refractivity contribution >= 4 is 46.4 Å². The number of anilines is 2. The van der Waals surface area contributed by atoms with Crippen molar-refractivity contribution in [2.24, 2.45) is 0 Å². The van der Waals surface area contributed by atoms with Crippen LogP contribution in [0.5, 0.6) is 5.75 Å². The minimum atomic E-state index is -0.250. The van der Waals surface area contributed by atoms with Gasteiger partial charge in [-0.25, -0.2) is 0 Å². The maximum atomic E-state index is 12.2. The molecule has 1 N–H and O–H groups in total. The lowest BCUT2D eigenvalue weighted by Crippen LogP contribution is -2.32. The van der Waals surface area contributed by atoms with E-state index >= 15 is 0 Å². The number of carbonyl (C=O) groups excluding carboxylic acids is 2. The van der Waals surface area contributed by atoms with Gasteiger partial charge in [-0.15, -0.1) is 0 Å². The number of rotatable bonds is 6. The van der Waals surface area contributed by atoms with Crippen molar-refractivity contribution in [2.45, 2.75) is 13.3 Å². The molecule has 0 unspecified atom stereocenters. The second-order valence-corrected chi connectivity index (χ2v) is 6.11. The number of carbonyl (C=O) groups is 2. The SMILES string of the molecule is COc1ccc(Cl)cc1N(CCC(=O)Nc1ccccc1Cl)C(C)=O. The zero-order valence-corrected chi connectivity index (χ0v) is 15.4. The smallest absolute Gasteiger partial charge is 0.226 e. The van der Waals surface area contributed by atoms with Crippen LogP contribution in [-0.4, -0.2) is 25.5 Å². The average Bonchev–Trinajstić information content (AvgIpc) is 2.57. The molecular formula is C18H18Cl2N2O3. The Morgan fingerprint density at radius 1 is 1.16 bits per heavy atom. The fourth-order valence-corrected chi connectivity index (χ4v) is 2.66. The molecule has 0 atom stereocenters. The van der Waals surface area contributed by atoms with Gasteiger partial charge in [0.2, 0.25) is 11.8 Å². The molecule has 7 heteroatoms. The van der Waals surface area contributed by atoms with Crippen LogP contribution >= 0.6 is 23.2 Å². The predicted octanol–water partition coefficient (Wildman–Crippen LogP) is 4.38. The number of ether oxygens (including phenoxy) is 1. The van der Waals surface area contributed by atoms with Crippen LogP contribution in [0.2, 0.25) is 10.0 Å². The summed E-state index contributed by atoms with van der Waals surface area (Å²) in [4.78, 5) is 25.7. The minimum absolute atomic E-state index is 0.0977. The van der Waals surface area contributed by atoms with Crippen LogP contribution in [-0.2, 0) is 9.59 Å². The second kappa shape index (κ2) is 8.74. The monoisotopic (exact) mass is 380 g/mol. The van der Waals surface area contributed by atoms with Crippen molar-refractivity contribution in [2.75, 3.05) is 23.9 Å². The summed E-state index contributed by atoms with van der Waals surface area (Å²) in [5.74, 6) is 0.0394. The van der Waals surface area contributed by atoms with E-state index < -0.39 is 0 Å². The summed E-state index contributed by atoms with van der Waals surface area (Å²) in [5.41, 5.74) is 1.05. The number of nitrogens with one attached hydrogen (secondary N) is 1. The van der Waals surface area contributed by atoms with Crippen molar-refractivity contribution in [3.05, 3.63) is 52.5 Å². The van der Waals surface area contributed by atoms with Crippen molar-refractivity contribution in [1.29, 1.82) is 0 Å². The minimum Gasteiger partial charge on any atom is -0.495 e. The van der Waals surface area contributed by atoms with Crippen molar-refractivity contribution < 1.29 is 14.3 Å². The van der Waals surface area contributed by atoms with Gasteiger partial charge >= 0.3 is 0 Å². The highest BCUT2D eigenvalue weighted by Crippen LogP contribution is 2.31. The number of para-hydroxylation sites is 1. The molecule has 132 valence electrons. The first-order chi connectivity index (χ1) is 11.9. The molecule has 0 aliphatic rings. The van der Waals surface area contributed by atoms with Gasteiger partial charge in [0.05, 0.1) is 23.5 Å². The topological polar surface area (TPSA) is 58.6 Å². The van der Waals surface area contributed by atoms with Gasteiger partial charge in [-0.3, -0.25) is 9.59 Å². The van der Waals surface area contributed by atoms with Crippen LogP contribution < -0.4 is 15.0 Å². The molecule has 2 amide bonds. The van der Waals surface area contributed by atoms with Gasteiger partial charge in [-0.2, -0.15) is 0 Å². The number of halogens is 2. The van der Waals surface area contributed by atoms with Gasteiger partial charge in [0.15, 0.2) is 0 Å². The first-order valence-corrected chi connectivity index (χ1v) is 8.34. The maximum Gasteiger partial charge on any atom is 0.226 e. The van der Waals surface area contributed by atoms with E-state index in [0.29, 0.717) is 27.2 Å². The van der Waals surface area contributed by atoms with Gasteiger partial charge < -0.3 is 15.0 Å². The Hall–Kier alpha value is -2.24. The van der Waals surface area contributed by atoms with Crippen LogP contribution in [0.15, 0.2) is 42.5 Å². The van der Waals surface area contributed by atoms with E-state index in [1.165, 1.54) is 18.9 Å². The third kappa shape index (κ3) is 5.11. The predicted molar refractivity (Wildman–Crippen MR) is 101 cm³/mol. The lowest BCUT2D eigenvalue weighted by molar-refractivity contribution is -0.117. The van der Waals surface area contributed by atoms with E-state index in [-0.39, 0.29) is 24.8 Å². The number of nitrogens with zero attached hydrogens (tertiary/aromatic N) is 1. The highest BCUT2D eigenvalue weighted by molar-refractivity contribution is 6.33. The van der Waals surface area contributed by atoms with Gasteiger partial charge in [-0.1, -0.05) is 35.3 Å². The zero-order chi connectivity index (χ0) is 18.4. The normalized spacial score (nSPS) is 10.2. The molecule has 2 aromatic rings. The Kier molecular flexibility index (Phi) is 6.67. The molecule has 0 aromatic heterocycles. The van der Waals surface area contributed by atoms with E-state index in [1.54, 1.807) is 42.5 Å². The molecule has 0 fully saturated rings. The van der Waals surface area contributed by atoms with E-state index in [9.17, 15) is 9.59 Å². The summed E-state index contributed by atoms with van der Waals surface area (Å²) in [6.45, 7) is 1.61. The average molecular weight is 381 g/mol. The Bertz CT molecular complexity index is 781. The largest absolute Gasteiger partial charge is 0.495 e. The van der Waals surface area contributed by atoms with E-state index in [0.717, 1.165) is 0 Å². The molecule has 0 heterocycles. The first-order valence-electron chi connectivity index (χ1n) is 7.58. The van der Waals surface area contributed by atoms with Crippen LogP contribution in [0.3, 0.4) is 0 Å². The Labute approximate surface area is 156 Å². The molecule has 2 aromatic carbocycles. The molecule has 0 radical (unpaired) electrons. The molecule has 2 rings (SSSR count). The Balaban J connectivity index is 2.10. The molecule has 5 nitrogen and oxygen atoms in total. The molecule has 0 spiro atoms. The molecule has 0 saturated heterocycles. The first kappa shape index (κ1) is 19.1. The number of hydrogen-bond acceptors (Lipinski definition) is 3. The van der Waals surface area contributed by atoms with Gasteiger partial charge in [0.1, 0.15) is 5.75 Å². The summed E-state index contributed by atoms with van der Waals surface area (Å²) in [5, 5.41) is 3.66. The number of benzene rings is 2.